The van der Waals surface area contributed by atoms with Crippen LogP contribution in [0.5, 0.6) is 0 Å². The molecule has 1 aromatic rings. The predicted molar refractivity (Wildman–Crippen MR) is 66.3 cm³/mol. The van der Waals surface area contributed by atoms with Crippen LogP contribution in [0.25, 0.3) is 0 Å². The van der Waals surface area contributed by atoms with Crippen LogP contribution in [-0.4, -0.2) is 50.5 Å². The van der Waals surface area contributed by atoms with Crippen LogP contribution in [-0.2, 0) is 11.2 Å². The van der Waals surface area contributed by atoms with Gasteiger partial charge in [0.2, 0.25) is 5.89 Å². The van der Waals surface area contributed by atoms with Crippen LogP contribution in [0.1, 0.15) is 19.2 Å². The van der Waals surface area contributed by atoms with Gasteiger partial charge in [0.05, 0.1) is 6.61 Å². The zero-order chi connectivity index (χ0) is 12.7. The average molecular weight is 242 g/mol. The fourth-order valence-corrected chi connectivity index (χ4v) is 1.46. The molecule has 17 heavy (non-hydrogen) atoms. The molecule has 0 aliphatic rings. The first-order chi connectivity index (χ1) is 8.17. The van der Waals surface area contributed by atoms with Crippen LogP contribution in [0.15, 0.2) is 4.52 Å². The van der Waals surface area contributed by atoms with Crippen molar-refractivity contribution in [3.05, 3.63) is 5.89 Å². The van der Waals surface area contributed by atoms with Crippen LogP contribution in [0, 0.1) is 0 Å². The number of rotatable bonds is 8. The number of hydrogen-bond acceptors (Lipinski definition) is 6. The van der Waals surface area contributed by atoms with Crippen molar-refractivity contribution < 1.29 is 9.26 Å². The molecule has 1 heterocycles. The second-order valence-corrected chi connectivity index (χ2v) is 4.19. The predicted octanol–water partition coefficient (Wildman–Crippen LogP) is 0.693. The molecule has 1 unspecified atom stereocenters. The maximum atomic E-state index is 5.18. The van der Waals surface area contributed by atoms with E-state index in [4.69, 9.17) is 9.26 Å². The van der Waals surface area contributed by atoms with E-state index in [1.807, 2.05) is 19.0 Å². The Morgan fingerprint density at radius 3 is 2.76 bits per heavy atom. The minimum Gasteiger partial charge on any atom is -0.383 e. The molecule has 0 saturated carbocycles. The quantitative estimate of drug-likeness (QED) is 0.723. The van der Waals surface area contributed by atoms with E-state index in [-0.39, 0.29) is 6.04 Å². The smallest absolute Gasteiger partial charge is 0.265 e. The van der Waals surface area contributed by atoms with Gasteiger partial charge in [-0.25, -0.2) is 0 Å². The second-order valence-electron chi connectivity index (χ2n) is 4.19. The van der Waals surface area contributed by atoms with Gasteiger partial charge in [0.15, 0.2) is 0 Å². The lowest BCUT2D eigenvalue weighted by atomic mass is 10.2. The summed E-state index contributed by atoms with van der Waals surface area (Å²) >= 11 is 0. The van der Waals surface area contributed by atoms with Crippen molar-refractivity contribution >= 4 is 5.95 Å². The third kappa shape index (κ3) is 4.70. The molecule has 0 aliphatic carbocycles. The Morgan fingerprint density at radius 1 is 1.47 bits per heavy atom. The average Bonchev–Trinajstić information content (AvgIpc) is 2.75. The van der Waals surface area contributed by atoms with Crippen LogP contribution in [0.3, 0.4) is 0 Å². The maximum absolute atomic E-state index is 5.18. The molecule has 0 bridgehead atoms. The van der Waals surface area contributed by atoms with Crippen molar-refractivity contribution in [2.75, 3.05) is 39.3 Å². The summed E-state index contributed by atoms with van der Waals surface area (Å²) in [4.78, 5) is 6.11. The standard InChI is InChI=1S/C11H22N4O2/c1-5-6-12-9(8-16-4)7-10-13-11(14-17-10)15(2)3/h9,12H,5-8H2,1-4H3. The number of aromatic nitrogens is 2. The summed E-state index contributed by atoms with van der Waals surface area (Å²) in [6.07, 6.45) is 1.78. The molecule has 0 saturated heterocycles. The van der Waals surface area contributed by atoms with Gasteiger partial charge in [0, 0.05) is 33.7 Å². The lowest BCUT2D eigenvalue weighted by molar-refractivity contribution is 0.161. The van der Waals surface area contributed by atoms with E-state index >= 15 is 0 Å². The summed E-state index contributed by atoms with van der Waals surface area (Å²) in [5.41, 5.74) is 0. The molecule has 0 aliphatic heterocycles. The first-order valence-corrected chi connectivity index (χ1v) is 5.89. The van der Waals surface area contributed by atoms with E-state index in [1.54, 1.807) is 7.11 Å². The van der Waals surface area contributed by atoms with Crippen molar-refractivity contribution in [3.63, 3.8) is 0 Å². The monoisotopic (exact) mass is 242 g/mol. The van der Waals surface area contributed by atoms with Gasteiger partial charge in [0.1, 0.15) is 0 Å². The molecule has 1 N–H and O–H groups in total. The third-order valence-corrected chi connectivity index (χ3v) is 2.33. The highest BCUT2D eigenvalue weighted by Crippen LogP contribution is 2.07. The normalized spacial score (nSPS) is 12.7. The van der Waals surface area contributed by atoms with Crippen molar-refractivity contribution in [1.82, 2.24) is 15.5 Å². The van der Waals surface area contributed by atoms with Gasteiger partial charge < -0.3 is 19.5 Å². The van der Waals surface area contributed by atoms with Crippen molar-refractivity contribution in [3.8, 4) is 0 Å². The summed E-state index contributed by atoms with van der Waals surface area (Å²) in [6, 6.07) is 0.218. The fraction of sp³-hybridized carbons (Fsp3) is 0.818. The minimum atomic E-state index is 0.218. The summed E-state index contributed by atoms with van der Waals surface area (Å²) in [5, 5.41) is 7.27. The highest BCUT2D eigenvalue weighted by Gasteiger charge is 2.14. The number of nitrogens with zero attached hydrogens (tertiary/aromatic N) is 3. The van der Waals surface area contributed by atoms with E-state index in [9.17, 15) is 0 Å². The molecule has 0 aromatic carbocycles. The van der Waals surface area contributed by atoms with Gasteiger partial charge in [-0.1, -0.05) is 6.92 Å². The third-order valence-electron chi connectivity index (χ3n) is 2.33. The largest absolute Gasteiger partial charge is 0.383 e. The number of ether oxygens (including phenoxy) is 1. The Bertz CT molecular complexity index is 314. The lowest BCUT2D eigenvalue weighted by Gasteiger charge is -2.15. The topological polar surface area (TPSA) is 63.4 Å². The Hall–Kier alpha value is -1.14. The van der Waals surface area contributed by atoms with Crippen LogP contribution < -0.4 is 10.2 Å². The summed E-state index contributed by atoms with van der Waals surface area (Å²) in [6.45, 7) is 3.73. The number of hydrogen-bond donors (Lipinski definition) is 1. The molecule has 98 valence electrons. The van der Waals surface area contributed by atoms with Gasteiger partial charge >= 0.3 is 0 Å². The minimum absolute atomic E-state index is 0.218. The molecular weight excluding hydrogens is 220 g/mol. The van der Waals surface area contributed by atoms with Gasteiger partial charge in [0.25, 0.3) is 5.95 Å². The van der Waals surface area contributed by atoms with E-state index in [1.165, 1.54) is 0 Å². The Balaban J connectivity index is 2.52. The Kier molecular flexibility index (Phi) is 5.93. The highest BCUT2D eigenvalue weighted by atomic mass is 16.5. The van der Waals surface area contributed by atoms with Gasteiger partial charge in [-0.15, -0.1) is 0 Å². The zero-order valence-corrected chi connectivity index (χ0v) is 11.1. The van der Waals surface area contributed by atoms with Crippen molar-refractivity contribution in [2.24, 2.45) is 0 Å². The molecule has 6 nitrogen and oxygen atoms in total. The molecule has 0 amide bonds. The number of anilines is 1. The number of nitrogens with one attached hydrogen (secondary N) is 1. The Labute approximate surface area is 102 Å². The second kappa shape index (κ2) is 7.24. The first-order valence-electron chi connectivity index (χ1n) is 5.89. The molecule has 0 radical (unpaired) electrons. The summed E-state index contributed by atoms with van der Waals surface area (Å²) in [5.74, 6) is 1.24. The molecule has 0 spiro atoms. The van der Waals surface area contributed by atoms with Gasteiger partial charge in [-0.3, -0.25) is 0 Å². The molecule has 0 fully saturated rings. The van der Waals surface area contributed by atoms with E-state index in [2.05, 4.69) is 22.4 Å². The molecule has 1 aromatic heterocycles. The molecule has 6 heteroatoms. The maximum Gasteiger partial charge on any atom is 0.265 e. The SMILES string of the molecule is CCCNC(COC)Cc1nc(N(C)C)no1. The van der Waals surface area contributed by atoms with E-state index in [0.29, 0.717) is 24.9 Å². The van der Waals surface area contributed by atoms with Crippen LogP contribution >= 0.6 is 0 Å². The molecule has 1 atom stereocenters. The van der Waals surface area contributed by atoms with Crippen LogP contribution in [0.2, 0.25) is 0 Å². The van der Waals surface area contributed by atoms with E-state index < -0.39 is 0 Å². The summed E-state index contributed by atoms with van der Waals surface area (Å²) < 4.78 is 10.3. The van der Waals surface area contributed by atoms with E-state index in [0.717, 1.165) is 13.0 Å². The zero-order valence-electron chi connectivity index (χ0n) is 11.1. The van der Waals surface area contributed by atoms with Gasteiger partial charge in [-0.05, 0) is 18.1 Å². The fourth-order valence-electron chi connectivity index (χ4n) is 1.46. The van der Waals surface area contributed by atoms with Gasteiger partial charge in [-0.2, -0.15) is 4.98 Å². The number of methoxy groups -OCH3 is 1. The highest BCUT2D eigenvalue weighted by molar-refractivity contribution is 5.23. The van der Waals surface area contributed by atoms with Crippen LogP contribution in [0.4, 0.5) is 5.95 Å². The summed E-state index contributed by atoms with van der Waals surface area (Å²) in [7, 11) is 5.47. The molecule has 1 rings (SSSR count). The lowest BCUT2D eigenvalue weighted by Crippen LogP contribution is -2.35. The van der Waals surface area contributed by atoms with Crippen molar-refractivity contribution in [1.29, 1.82) is 0 Å². The van der Waals surface area contributed by atoms with Crippen molar-refractivity contribution in [2.45, 2.75) is 25.8 Å². The Morgan fingerprint density at radius 2 is 2.24 bits per heavy atom. The molecular formula is C11H22N4O2. The first kappa shape index (κ1) is 13.9.